The maximum absolute atomic E-state index is 12.2. The third kappa shape index (κ3) is 3.27. The van der Waals surface area contributed by atoms with Gasteiger partial charge in [0.15, 0.2) is 0 Å². The van der Waals surface area contributed by atoms with Gasteiger partial charge >= 0.3 is 0 Å². The minimum Gasteiger partial charge on any atom is -0.394 e. The highest BCUT2D eigenvalue weighted by atomic mass is 32.2. The summed E-state index contributed by atoms with van der Waals surface area (Å²) in [7, 11) is -6.10. The number of hydrogen-bond acceptors (Lipinski definition) is 5. The Morgan fingerprint density at radius 3 is 1.86 bits per heavy atom. The topological polar surface area (TPSA) is 113 Å². The summed E-state index contributed by atoms with van der Waals surface area (Å²) >= 11 is 0. The monoisotopic (exact) mass is 334 g/mol. The fourth-order valence-electron chi connectivity index (χ4n) is 2.16. The molecule has 0 unspecified atom stereocenters. The molecule has 0 aliphatic heterocycles. The summed E-state index contributed by atoms with van der Waals surface area (Å²) in [6.45, 7) is -0.252. The van der Waals surface area contributed by atoms with E-state index in [1.54, 1.807) is 0 Å². The Hall–Kier alpha value is -1.00. The van der Waals surface area contributed by atoms with Crippen molar-refractivity contribution < 1.29 is 21.9 Å². The highest BCUT2D eigenvalue weighted by molar-refractivity contribution is 7.90. The number of aliphatic hydroxyl groups is 1. The summed E-state index contributed by atoms with van der Waals surface area (Å²) in [6, 6.07) is 4.92. The van der Waals surface area contributed by atoms with E-state index in [0.717, 1.165) is 6.42 Å². The van der Waals surface area contributed by atoms with Crippen LogP contribution in [-0.2, 0) is 20.0 Å². The molecule has 0 heterocycles. The molecule has 0 radical (unpaired) electrons. The van der Waals surface area contributed by atoms with Gasteiger partial charge in [0, 0.05) is 0 Å². The maximum atomic E-state index is 12.2. The van der Waals surface area contributed by atoms with Crippen LogP contribution in [0.2, 0.25) is 0 Å². The summed E-state index contributed by atoms with van der Waals surface area (Å²) in [5, 5.41) is 9.31. The second-order valence-electron chi connectivity index (χ2n) is 5.08. The Balaban J connectivity index is 2.25. The number of hydrogen-bond donors (Lipinski definition) is 3. The van der Waals surface area contributed by atoms with E-state index in [9.17, 15) is 21.9 Å². The van der Waals surface area contributed by atoms with Gasteiger partial charge in [-0.15, -0.1) is 0 Å². The molecule has 0 saturated heterocycles. The lowest BCUT2D eigenvalue weighted by atomic mass is 9.78. The van der Waals surface area contributed by atoms with Crippen LogP contribution < -0.4 is 9.44 Å². The highest BCUT2D eigenvalue weighted by Crippen LogP contribution is 2.32. The van der Waals surface area contributed by atoms with Gasteiger partial charge in [-0.05, 0) is 50.6 Å². The Morgan fingerprint density at radius 2 is 1.52 bits per heavy atom. The lowest BCUT2D eigenvalue weighted by molar-refractivity contribution is 0.110. The van der Waals surface area contributed by atoms with E-state index in [0.29, 0.717) is 12.8 Å². The first-order chi connectivity index (χ1) is 9.75. The molecule has 9 heteroatoms. The van der Waals surface area contributed by atoms with E-state index in [4.69, 9.17) is 0 Å². The normalized spacial score (nSPS) is 18.2. The van der Waals surface area contributed by atoms with Crippen LogP contribution in [0.25, 0.3) is 0 Å². The van der Waals surface area contributed by atoms with Gasteiger partial charge in [0.05, 0.1) is 21.9 Å². The molecule has 0 amide bonds. The van der Waals surface area contributed by atoms with E-state index < -0.39 is 25.6 Å². The van der Waals surface area contributed by atoms with Crippen LogP contribution in [-0.4, -0.2) is 41.1 Å². The van der Waals surface area contributed by atoms with Gasteiger partial charge in [0.2, 0.25) is 20.0 Å². The van der Waals surface area contributed by atoms with Crippen LogP contribution in [0.5, 0.6) is 0 Å². The quantitative estimate of drug-likeness (QED) is 0.666. The van der Waals surface area contributed by atoms with E-state index >= 15 is 0 Å². The predicted octanol–water partition coefficient (Wildman–Crippen LogP) is -0.212. The van der Waals surface area contributed by atoms with Crippen molar-refractivity contribution in [3.63, 3.8) is 0 Å². The van der Waals surface area contributed by atoms with Crippen molar-refractivity contribution in [1.29, 1.82) is 0 Å². The average Bonchev–Trinajstić information content (AvgIpc) is 2.43. The summed E-state index contributed by atoms with van der Waals surface area (Å²) in [5.41, 5.74) is -0.783. The third-order valence-electron chi connectivity index (χ3n) is 3.68. The van der Waals surface area contributed by atoms with E-state index in [1.807, 2.05) is 0 Å². The molecule has 0 aromatic heterocycles. The van der Waals surface area contributed by atoms with Gasteiger partial charge in [-0.3, -0.25) is 0 Å². The molecule has 21 heavy (non-hydrogen) atoms. The van der Waals surface area contributed by atoms with Crippen LogP contribution in [0.1, 0.15) is 19.3 Å². The lowest BCUT2D eigenvalue weighted by Crippen LogP contribution is -2.55. The van der Waals surface area contributed by atoms with Gasteiger partial charge in [-0.1, -0.05) is 0 Å². The maximum Gasteiger partial charge on any atom is 0.241 e. The Labute approximate surface area is 124 Å². The number of rotatable bonds is 6. The summed E-state index contributed by atoms with van der Waals surface area (Å²) in [6.07, 6.45) is 2.05. The second-order valence-corrected chi connectivity index (χ2v) is 8.65. The molecule has 2 rings (SSSR count). The van der Waals surface area contributed by atoms with Gasteiger partial charge in [0.1, 0.15) is 0 Å². The summed E-state index contributed by atoms with van der Waals surface area (Å²) in [4.78, 5) is -0.0401. The third-order valence-corrected chi connectivity index (χ3v) is 6.70. The number of aliphatic hydroxyl groups excluding tert-OH is 1. The predicted molar refractivity (Wildman–Crippen MR) is 76.7 cm³/mol. The zero-order valence-electron chi connectivity index (χ0n) is 11.5. The average molecular weight is 334 g/mol. The largest absolute Gasteiger partial charge is 0.394 e. The molecule has 1 aromatic carbocycles. The Bertz CT molecular complexity index is 701. The van der Waals surface area contributed by atoms with Crippen LogP contribution >= 0.6 is 0 Å². The standard InChI is InChI=1S/C12H18N2O5S2/c1-13-20(16,17)10-3-5-11(6-4-10)21(18,19)14-12(9-15)7-2-8-12/h3-6,13-15H,2,7-9H2,1H3. The molecule has 1 fully saturated rings. The van der Waals surface area contributed by atoms with Crippen LogP contribution in [0.15, 0.2) is 34.1 Å². The van der Waals surface area contributed by atoms with Crippen molar-refractivity contribution in [2.45, 2.75) is 34.6 Å². The van der Waals surface area contributed by atoms with Crippen molar-refractivity contribution >= 4 is 20.0 Å². The number of sulfonamides is 2. The second kappa shape index (κ2) is 5.65. The van der Waals surface area contributed by atoms with Crippen molar-refractivity contribution in [3.05, 3.63) is 24.3 Å². The molecule has 7 nitrogen and oxygen atoms in total. The van der Waals surface area contributed by atoms with Gasteiger partial charge < -0.3 is 5.11 Å². The van der Waals surface area contributed by atoms with Crippen molar-refractivity contribution in [2.75, 3.05) is 13.7 Å². The van der Waals surface area contributed by atoms with Crippen LogP contribution in [0.3, 0.4) is 0 Å². The molecular weight excluding hydrogens is 316 g/mol. The zero-order valence-corrected chi connectivity index (χ0v) is 13.2. The first-order valence-corrected chi connectivity index (χ1v) is 9.40. The molecule has 3 N–H and O–H groups in total. The number of benzene rings is 1. The fourth-order valence-corrected chi connectivity index (χ4v) is 4.34. The Morgan fingerprint density at radius 1 is 1.05 bits per heavy atom. The molecule has 118 valence electrons. The molecule has 0 atom stereocenters. The first kappa shape index (κ1) is 16.4. The van der Waals surface area contributed by atoms with E-state index in [-0.39, 0.29) is 16.4 Å². The SMILES string of the molecule is CNS(=O)(=O)c1ccc(S(=O)(=O)NC2(CO)CCC2)cc1. The van der Waals surface area contributed by atoms with Gasteiger partial charge in [-0.2, -0.15) is 0 Å². The van der Waals surface area contributed by atoms with E-state index in [1.165, 1.54) is 31.3 Å². The lowest BCUT2D eigenvalue weighted by Gasteiger charge is -2.40. The molecule has 1 aliphatic rings. The first-order valence-electron chi connectivity index (χ1n) is 6.43. The van der Waals surface area contributed by atoms with Gasteiger partial charge in [-0.25, -0.2) is 26.3 Å². The van der Waals surface area contributed by atoms with Crippen LogP contribution in [0, 0.1) is 0 Å². The molecule has 1 aliphatic carbocycles. The van der Waals surface area contributed by atoms with E-state index in [2.05, 4.69) is 9.44 Å². The molecule has 1 aromatic rings. The van der Waals surface area contributed by atoms with Gasteiger partial charge in [0.25, 0.3) is 0 Å². The van der Waals surface area contributed by atoms with Crippen molar-refractivity contribution in [2.24, 2.45) is 0 Å². The van der Waals surface area contributed by atoms with Crippen molar-refractivity contribution in [1.82, 2.24) is 9.44 Å². The zero-order chi connectivity index (χ0) is 15.7. The number of nitrogens with one attached hydrogen (secondary N) is 2. The fraction of sp³-hybridized carbons (Fsp3) is 0.500. The molecular formula is C12H18N2O5S2. The summed E-state index contributed by atoms with van der Waals surface area (Å²) < 4.78 is 52.3. The molecule has 0 spiro atoms. The minimum atomic E-state index is -3.79. The van der Waals surface area contributed by atoms with Crippen LogP contribution in [0.4, 0.5) is 0 Å². The summed E-state index contributed by atoms with van der Waals surface area (Å²) in [5.74, 6) is 0. The van der Waals surface area contributed by atoms with Crippen molar-refractivity contribution in [3.8, 4) is 0 Å². The minimum absolute atomic E-state index is 0.00975. The highest BCUT2D eigenvalue weighted by Gasteiger charge is 2.40. The molecule has 1 saturated carbocycles. The molecule has 0 bridgehead atoms. The smallest absolute Gasteiger partial charge is 0.241 e. The Kier molecular flexibility index (Phi) is 4.41.